The van der Waals surface area contributed by atoms with E-state index in [9.17, 15) is 14.7 Å². The molecule has 0 amide bonds. The molecule has 0 spiro atoms. The Hall–Kier alpha value is -2.66. The number of furan rings is 1. The van der Waals surface area contributed by atoms with Crippen LogP contribution in [-0.4, -0.2) is 29.6 Å². The number of benzene rings is 1. The second-order valence-corrected chi connectivity index (χ2v) is 7.67. The van der Waals surface area contributed by atoms with Crippen molar-refractivity contribution in [3.63, 3.8) is 0 Å². The third-order valence-electron chi connectivity index (χ3n) is 5.04. The number of aryl methyl sites for hydroxylation is 1. The second kappa shape index (κ2) is 9.23. The molecular formula is C24H28O5. The molecule has 2 aromatic rings. The molecule has 29 heavy (non-hydrogen) atoms. The molecule has 0 radical (unpaired) electrons. The van der Waals surface area contributed by atoms with Crippen LogP contribution in [0.25, 0.3) is 11.0 Å². The number of allylic oxidation sites excluding steroid dienone is 2. The van der Waals surface area contributed by atoms with E-state index < -0.39 is 5.97 Å². The number of unbranched alkanes of at least 4 members (excludes halogenated alkanes) is 1. The van der Waals surface area contributed by atoms with Crippen molar-refractivity contribution in [3.8, 4) is 0 Å². The summed E-state index contributed by atoms with van der Waals surface area (Å²) in [7, 11) is 0. The highest BCUT2D eigenvalue weighted by atomic mass is 16.5. The van der Waals surface area contributed by atoms with Crippen LogP contribution in [0, 0.1) is 5.92 Å². The van der Waals surface area contributed by atoms with Crippen molar-refractivity contribution in [1.29, 1.82) is 0 Å². The lowest BCUT2D eigenvalue weighted by Gasteiger charge is -2.15. The average molecular weight is 396 g/mol. The highest BCUT2D eigenvalue weighted by Gasteiger charge is 2.27. The van der Waals surface area contributed by atoms with Gasteiger partial charge in [-0.2, -0.15) is 0 Å². The van der Waals surface area contributed by atoms with E-state index >= 15 is 0 Å². The third kappa shape index (κ3) is 4.67. The summed E-state index contributed by atoms with van der Waals surface area (Å²) in [6.45, 7) is 5.66. The zero-order valence-electron chi connectivity index (χ0n) is 17.2. The first kappa shape index (κ1) is 21.1. The predicted molar refractivity (Wildman–Crippen MR) is 112 cm³/mol. The van der Waals surface area contributed by atoms with Gasteiger partial charge in [0.1, 0.15) is 11.3 Å². The molecule has 0 bridgehead atoms. The summed E-state index contributed by atoms with van der Waals surface area (Å²) in [4.78, 5) is 25.7. The molecule has 0 saturated heterocycles. The van der Waals surface area contributed by atoms with Gasteiger partial charge >= 0.3 is 5.97 Å². The lowest BCUT2D eigenvalue weighted by molar-refractivity contribution is 0.0378. The number of carbonyl (C=O) groups excluding carboxylic acids is 2. The molecule has 1 aromatic heterocycles. The molecule has 5 heteroatoms. The molecule has 5 nitrogen and oxygen atoms in total. The number of esters is 1. The fourth-order valence-corrected chi connectivity index (χ4v) is 3.50. The van der Waals surface area contributed by atoms with Crippen molar-refractivity contribution in [2.75, 3.05) is 6.61 Å². The molecule has 1 aliphatic carbocycles. The van der Waals surface area contributed by atoms with E-state index in [1.54, 1.807) is 38.1 Å². The first-order valence-corrected chi connectivity index (χ1v) is 10.2. The van der Waals surface area contributed by atoms with Gasteiger partial charge in [-0.25, -0.2) is 4.79 Å². The Morgan fingerprint density at radius 2 is 2.10 bits per heavy atom. The number of Topliss-reactive ketones (excluding diaryl/α,β-unsaturated/α-hetero) is 1. The van der Waals surface area contributed by atoms with Gasteiger partial charge in [-0.1, -0.05) is 31.6 Å². The van der Waals surface area contributed by atoms with Crippen LogP contribution >= 0.6 is 0 Å². The monoisotopic (exact) mass is 396 g/mol. The number of aliphatic hydroxyl groups excluding tert-OH is 1. The lowest BCUT2D eigenvalue weighted by Crippen LogP contribution is -2.16. The summed E-state index contributed by atoms with van der Waals surface area (Å²) >= 11 is 0. The fourth-order valence-electron chi connectivity index (χ4n) is 3.50. The molecule has 1 aliphatic rings. The summed E-state index contributed by atoms with van der Waals surface area (Å²) in [5, 5.41) is 9.92. The van der Waals surface area contributed by atoms with E-state index in [1.165, 1.54) is 0 Å². The number of carbonyl (C=O) groups is 2. The fraction of sp³-hybridized carbons (Fsp3) is 0.417. The van der Waals surface area contributed by atoms with Gasteiger partial charge in [-0.3, -0.25) is 4.79 Å². The smallest absolute Gasteiger partial charge is 0.338 e. The van der Waals surface area contributed by atoms with E-state index in [0.717, 1.165) is 18.4 Å². The van der Waals surface area contributed by atoms with Gasteiger partial charge in [0.25, 0.3) is 0 Å². The first-order valence-electron chi connectivity index (χ1n) is 10.2. The van der Waals surface area contributed by atoms with E-state index in [2.05, 4.69) is 6.92 Å². The van der Waals surface area contributed by atoms with Gasteiger partial charge in [0.2, 0.25) is 0 Å². The Morgan fingerprint density at radius 1 is 1.31 bits per heavy atom. The van der Waals surface area contributed by atoms with Crippen LogP contribution in [0.2, 0.25) is 0 Å². The predicted octanol–water partition coefficient (Wildman–Crippen LogP) is 5.02. The number of ketones is 1. The Bertz CT molecular complexity index is 961. The number of aliphatic hydroxyl groups is 1. The normalized spacial score (nSPS) is 16.3. The topological polar surface area (TPSA) is 76.7 Å². The molecule has 1 atom stereocenters. The maximum atomic E-state index is 13.4. The maximum Gasteiger partial charge on any atom is 0.338 e. The summed E-state index contributed by atoms with van der Waals surface area (Å²) in [5.74, 6) is -0.0669. The van der Waals surface area contributed by atoms with Crippen molar-refractivity contribution in [1.82, 2.24) is 0 Å². The largest absolute Gasteiger partial charge is 0.460 e. The van der Waals surface area contributed by atoms with Crippen LogP contribution in [0.5, 0.6) is 0 Å². The minimum atomic E-state index is -0.412. The molecule has 0 saturated carbocycles. The lowest BCUT2D eigenvalue weighted by atomic mass is 9.88. The molecule has 1 heterocycles. The van der Waals surface area contributed by atoms with Crippen LogP contribution in [0.4, 0.5) is 0 Å². The minimum absolute atomic E-state index is 0.0197. The van der Waals surface area contributed by atoms with Gasteiger partial charge in [0.05, 0.1) is 23.8 Å². The third-order valence-corrected chi connectivity index (χ3v) is 5.04. The molecule has 0 fully saturated rings. The van der Waals surface area contributed by atoms with Gasteiger partial charge in [0.15, 0.2) is 5.78 Å². The molecule has 1 aromatic carbocycles. The number of ether oxygens (including phenoxy) is 1. The number of fused-ring (bicyclic) bond motifs is 1. The van der Waals surface area contributed by atoms with Gasteiger partial charge in [-0.05, 0) is 50.5 Å². The quantitative estimate of drug-likeness (QED) is 0.501. The first-order chi connectivity index (χ1) is 13.9. The second-order valence-electron chi connectivity index (χ2n) is 7.67. The Morgan fingerprint density at radius 3 is 2.72 bits per heavy atom. The van der Waals surface area contributed by atoms with Crippen molar-refractivity contribution in [2.24, 2.45) is 5.92 Å². The molecule has 0 aliphatic heterocycles. The van der Waals surface area contributed by atoms with E-state index in [1.807, 2.05) is 12.2 Å². The van der Waals surface area contributed by atoms with E-state index in [0.29, 0.717) is 40.7 Å². The minimum Gasteiger partial charge on any atom is -0.460 e. The summed E-state index contributed by atoms with van der Waals surface area (Å²) in [5.41, 5.74) is 2.39. The number of rotatable bonds is 8. The molecule has 1 unspecified atom stereocenters. The zero-order valence-corrected chi connectivity index (χ0v) is 17.2. The average Bonchev–Trinajstić information content (AvgIpc) is 3.08. The SMILES string of the molecule is CCCCc1oc2ccc(C(=O)OC(C)C)cc2c1C(=O)C1C=CC(CO)=CC1. The van der Waals surface area contributed by atoms with Crippen molar-refractivity contribution in [3.05, 3.63) is 58.9 Å². The van der Waals surface area contributed by atoms with Gasteiger partial charge in [0, 0.05) is 17.7 Å². The Kier molecular flexibility index (Phi) is 6.70. The van der Waals surface area contributed by atoms with Crippen LogP contribution in [-0.2, 0) is 11.2 Å². The van der Waals surface area contributed by atoms with Crippen LogP contribution < -0.4 is 0 Å². The highest BCUT2D eigenvalue weighted by molar-refractivity contribution is 6.11. The van der Waals surface area contributed by atoms with Crippen molar-refractivity contribution in [2.45, 2.75) is 52.6 Å². The van der Waals surface area contributed by atoms with Gasteiger partial charge < -0.3 is 14.3 Å². The molecule has 154 valence electrons. The molecule has 3 rings (SSSR count). The number of hydrogen-bond donors (Lipinski definition) is 1. The highest BCUT2D eigenvalue weighted by Crippen LogP contribution is 2.32. The molecular weight excluding hydrogens is 368 g/mol. The summed E-state index contributed by atoms with van der Waals surface area (Å²) < 4.78 is 11.3. The number of hydrogen-bond acceptors (Lipinski definition) is 5. The molecule has 1 N–H and O–H groups in total. The zero-order chi connectivity index (χ0) is 21.0. The maximum absolute atomic E-state index is 13.4. The summed E-state index contributed by atoms with van der Waals surface area (Å²) in [6, 6.07) is 5.11. The standard InChI is InChI=1S/C24H28O5/c1-4-5-6-21-22(23(26)17-9-7-16(14-25)8-10-17)19-13-18(11-12-20(19)29-21)24(27)28-15(2)3/h7-9,11-13,15,17,25H,4-6,10,14H2,1-3H3. The van der Waals surface area contributed by atoms with Gasteiger partial charge in [-0.15, -0.1) is 0 Å². The summed E-state index contributed by atoms with van der Waals surface area (Å²) in [6.07, 6.45) is 8.43. The van der Waals surface area contributed by atoms with Crippen LogP contribution in [0.3, 0.4) is 0 Å². The van der Waals surface area contributed by atoms with Crippen LogP contribution in [0.15, 0.2) is 46.4 Å². The Balaban J connectivity index is 2.02. The van der Waals surface area contributed by atoms with Crippen molar-refractivity contribution >= 4 is 22.7 Å². The van der Waals surface area contributed by atoms with Crippen LogP contribution in [0.1, 0.15) is 66.5 Å². The van der Waals surface area contributed by atoms with E-state index in [4.69, 9.17) is 9.15 Å². The Labute approximate surface area is 171 Å². The van der Waals surface area contributed by atoms with E-state index in [-0.39, 0.29) is 24.4 Å². The van der Waals surface area contributed by atoms with Crippen molar-refractivity contribution < 1.29 is 23.8 Å².